The number of aliphatic hydroxyl groups is 1. The molecule has 2 atom stereocenters. The van der Waals surface area contributed by atoms with Crippen molar-refractivity contribution in [2.75, 3.05) is 19.5 Å². The zero-order chi connectivity index (χ0) is 14.8. The van der Waals surface area contributed by atoms with Crippen LogP contribution in [0, 0.1) is 0 Å². The zero-order valence-corrected chi connectivity index (χ0v) is 12.9. The molecule has 6 nitrogen and oxygen atoms in total. The van der Waals surface area contributed by atoms with Crippen LogP contribution in [-0.4, -0.2) is 48.0 Å². The molecular formula is C12H19ClN2O4S. The van der Waals surface area contributed by atoms with E-state index in [9.17, 15) is 13.5 Å². The van der Waals surface area contributed by atoms with Gasteiger partial charge in [-0.25, -0.2) is 8.42 Å². The van der Waals surface area contributed by atoms with E-state index in [-0.39, 0.29) is 10.8 Å². The summed E-state index contributed by atoms with van der Waals surface area (Å²) in [4.78, 5) is 0. The van der Waals surface area contributed by atoms with Gasteiger partial charge in [0.2, 0.25) is 0 Å². The second-order valence-corrected chi connectivity index (χ2v) is 7.69. The van der Waals surface area contributed by atoms with Crippen LogP contribution in [0.2, 0.25) is 5.02 Å². The molecule has 0 aliphatic carbocycles. The molecule has 0 amide bonds. The lowest BCUT2D eigenvalue weighted by Gasteiger charge is -2.27. The zero-order valence-electron chi connectivity index (χ0n) is 11.3. The largest absolute Gasteiger partial charge is 0.385 e. The normalized spacial score (nSPS) is 23.6. The van der Waals surface area contributed by atoms with Crippen molar-refractivity contribution in [3.05, 3.63) is 16.9 Å². The van der Waals surface area contributed by atoms with Crippen LogP contribution in [0.4, 0.5) is 0 Å². The number of methoxy groups -OCH3 is 1. The van der Waals surface area contributed by atoms with Crippen LogP contribution in [0.15, 0.2) is 6.20 Å². The van der Waals surface area contributed by atoms with E-state index >= 15 is 0 Å². The van der Waals surface area contributed by atoms with E-state index < -0.39 is 21.2 Å². The average molecular weight is 323 g/mol. The van der Waals surface area contributed by atoms with Crippen LogP contribution in [0.1, 0.15) is 31.1 Å². The Kier molecular flexibility index (Phi) is 5.06. The number of nitrogens with zero attached hydrogens (tertiary/aromatic N) is 2. The summed E-state index contributed by atoms with van der Waals surface area (Å²) in [5.41, 5.74) is 0.360. The first-order valence-electron chi connectivity index (χ1n) is 6.57. The van der Waals surface area contributed by atoms with Crippen LogP contribution < -0.4 is 0 Å². The third kappa shape index (κ3) is 3.16. The molecule has 0 radical (unpaired) electrons. The van der Waals surface area contributed by atoms with E-state index in [2.05, 4.69) is 5.10 Å². The Morgan fingerprint density at radius 2 is 2.35 bits per heavy atom. The van der Waals surface area contributed by atoms with E-state index in [0.717, 1.165) is 6.42 Å². The first-order valence-corrected chi connectivity index (χ1v) is 8.66. The Labute approximate surface area is 123 Å². The van der Waals surface area contributed by atoms with Crippen molar-refractivity contribution in [2.45, 2.75) is 37.2 Å². The highest BCUT2D eigenvalue weighted by Gasteiger charge is 2.37. The number of aliphatic hydroxyl groups excluding tert-OH is 1. The van der Waals surface area contributed by atoms with Gasteiger partial charge in [0.25, 0.3) is 0 Å². The molecule has 0 saturated carbocycles. The summed E-state index contributed by atoms with van der Waals surface area (Å²) < 4.78 is 30.7. The van der Waals surface area contributed by atoms with Gasteiger partial charge >= 0.3 is 0 Å². The first kappa shape index (κ1) is 15.8. The summed E-state index contributed by atoms with van der Waals surface area (Å²) in [7, 11) is -1.72. The Balaban J connectivity index is 2.28. The summed E-state index contributed by atoms with van der Waals surface area (Å²) in [5, 5.41) is 14.0. The molecule has 20 heavy (non-hydrogen) atoms. The maximum absolute atomic E-state index is 12.1. The predicted molar refractivity (Wildman–Crippen MR) is 75.5 cm³/mol. The summed E-state index contributed by atoms with van der Waals surface area (Å²) >= 11 is 6.05. The molecule has 1 aromatic rings. The third-order valence-corrected chi connectivity index (χ3v) is 6.17. The molecular weight excluding hydrogens is 304 g/mol. The molecule has 1 aliphatic heterocycles. The van der Waals surface area contributed by atoms with Gasteiger partial charge in [-0.3, -0.25) is 4.68 Å². The van der Waals surface area contributed by atoms with Gasteiger partial charge < -0.3 is 9.84 Å². The van der Waals surface area contributed by atoms with Gasteiger partial charge in [0, 0.05) is 7.11 Å². The Morgan fingerprint density at radius 1 is 1.60 bits per heavy atom. The van der Waals surface area contributed by atoms with Crippen molar-refractivity contribution in [1.82, 2.24) is 9.78 Å². The maximum Gasteiger partial charge on any atom is 0.156 e. The van der Waals surface area contributed by atoms with Gasteiger partial charge in [-0.05, 0) is 12.8 Å². The number of rotatable bonds is 5. The molecule has 1 N–H and O–H groups in total. The molecule has 0 aromatic carbocycles. The lowest BCUT2D eigenvalue weighted by atomic mass is 10.1. The molecule has 2 rings (SSSR count). The molecule has 2 unspecified atom stereocenters. The summed E-state index contributed by atoms with van der Waals surface area (Å²) in [5.74, 6) is 0.124. The highest BCUT2D eigenvalue weighted by atomic mass is 35.5. The summed E-state index contributed by atoms with van der Waals surface area (Å²) in [6.07, 6.45) is 2.18. The third-order valence-electron chi connectivity index (χ3n) is 3.60. The van der Waals surface area contributed by atoms with Gasteiger partial charge in [-0.1, -0.05) is 18.0 Å². The number of halogens is 1. The highest BCUT2D eigenvalue weighted by Crippen LogP contribution is 2.33. The standard InChI is InChI=1S/C12H19ClN2O4S/c1-19-6-5-15-11(9(13)8-14-15)12(16)10-4-2-3-7-20(10,17)18/h8,10,12,16H,2-7H2,1H3. The van der Waals surface area contributed by atoms with Crippen LogP contribution in [-0.2, 0) is 21.1 Å². The maximum atomic E-state index is 12.1. The van der Waals surface area contributed by atoms with Gasteiger partial charge in [0.05, 0.1) is 41.1 Å². The molecule has 0 spiro atoms. The van der Waals surface area contributed by atoms with Gasteiger partial charge in [-0.15, -0.1) is 0 Å². The average Bonchev–Trinajstić information content (AvgIpc) is 2.76. The highest BCUT2D eigenvalue weighted by molar-refractivity contribution is 7.92. The van der Waals surface area contributed by atoms with Crippen molar-refractivity contribution in [1.29, 1.82) is 0 Å². The van der Waals surface area contributed by atoms with Crippen molar-refractivity contribution < 1.29 is 18.3 Å². The molecule has 1 aromatic heterocycles. The van der Waals surface area contributed by atoms with Crippen molar-refractivity contribution in [2.24, 2.45) is 0 Å². The Morgan fingerprint density at radius 3 is 3.00 bits per heavy atom. The summed E-state index contributed by atoms with van der Waals surface area (Å²) in [6, 6.07) is 0. The molecule has 114 valence electrons. The molecule has 2 heterocycles. The van der Waals surface area contributed by atoms with Crippen LogP contribution in [0.3, 0.4) is 0 Å². The lowest BCUT2D eigenvalue weighted by molar-refractivity contribution is 0.144. The number of sulfone groups is 1. The second kappa shape index (κ2) is 6.43. The molecule has 1 fully saturated rings. The fraction of sp³-hybridized carbons (Fsp3) is 0.750. The van der Waals surface area contributed by atoms with E-state index in [1.165, 1.54) is 10.9 Å². The van der Waals surface area contributed by atoms with Gasteiger partial charge in [0.15, 0.2) is 9.84 Å². The number of hydrogen-bond acceptors (Lipinski definition) is 5. The minimum atomic E-state index is -3.28. The lowest BCUT2D eigenvalue weighted by Crippen LogP contribution is -2.35. The first-order chi connectivity index (χ1) is 9.47. The van der Waals surface area contributed by atoms with Crippen molar-refractivity contribution >= 4 is 21.4 Å². The predicted octanol–water partition coefficient (Wildman–Crippen LogP) is 1.18. The van der Waals surface area contributed by atoms with Crippen molar-refractivity contribution in [3.63, 3.8) is 0 Å². The number of hydrogen-bond donors (Lipinski definition) is 1. The minimum Gasteiger partial charge on any atom is -0.385 e. The Bertz CT molecular complexity index is 558. The number of aromatic nitrogens is 2. The minimum absolute atomic E-state index is 0.124. The second-order valence-electron chi connectivity index (χ2n) is 4.94. The molecule has 0 bridgehead atoms. The summed E-state index contributed by atoms with van der Waals surface area (Å²) in [6.45, 7) is 0.831. The molecule has 1 aliphatic rings. The fourth-order valence-electron chi connectivity index (χ4n) is 2.53. The number of ether oxygens (including phenoxy) is 1. The van der Waals surface area contributed by atoms with Crippen LogP contribution in [0.5, 0.6) is 0 Å². The SMILES string of the molecule is COCCn1ncc(Cl)c1C(O)C1CCCCS1(=O)=O. The molecule has 1 saturated heterocycles. The van der Waals surface area contributed by atoms with E-state index in [4.69, 9.17) is 16.3 Å². The van der Waals surface area contributed by atoms with E-state index in [1.54, 1.807) is 7.11 Å². The van der Waals surface area contributed by atoms with E-state index in [1.807, 2.05) is 0 Å². The molecule has 8 heteroatoms. The van der Waals surface area contributed by atoms with Crippen LogP contribution >= 0.6 is 11.6 Å². The smallest absolute Gasteiger partial charge is 0.156 e. The van der Waals surface area contributed by atoms with Crippen molar-refractivity contribution in [3.8, 4) is 0 Å². The van der Waals surface area contributed by atoms with Gasteiger partial charge in [-0.2, -0.15) is 5.10 Å². The topological polar surface area (TPSA) is 81.4 Å². The van der Waals surface area contributed by atoms with E-state index in [0.29, 0.717) is 31.7 Å². The van der Waals surface area contributed by atoms with Crippen LogP contribution in [0.25, 0.3) is 0 Å². The monoisotopic (exact) mass is 322 g/mol. The Hall–Kier alpha value is -0.630. The fourth-order valence-corrected chi connectivity index (χ4v) is 4.74. The quantitative estimate of drug-likeness (QED) is 0.880. The van der Waals surface area contributed by atoms with Gasteiger partial charge in [0.1, 0.15) is 6.10 Å².